The molecule has 3 radical (unpaired) electrons. The Morgan fingerprint density at radius 2 is 1.92 bits per heavy atom. The summed E-state index contributed by atoms with van der Waals surface area (Å²) in [6, 6.07) is 0. The standard InChI is InChI=1S/C9H12BO.Y/c1-7(6-9(10)11)8-4-2-3-5-8;/h8H,2-5H2,1H3;/q-1;. The van der Waals surface area contributed by atoms with Gasteiger partial charge in [0.1, 0.15) is 7.85 Å². The maximum absolute atomic E-state index is 10.5. The Morgan fingerprint density at radius 1 is 1.42 bits per heavy atom. The van der Waals surface area contributed by atoms with Gasteiger partial charge in [0.2, 0.25) is 0 Å². The molecule has 1 aliphatic rings. The van der Waals surface area contributed by atoms with Crippen molar-refractivity contribution in [3.63, 3.8) is 0 Å². The molecule has 0 heterocycles. The topological polar surface area (TPSA) is 17.1 Å². The summed E-state index contributed by atoms with van der Waals surface area (Å²) in [6.07, 6.45) is 7.60. The first-order chi connectivity index (χ1) is 5.20. The van der Waals surface area contributed by atoms with Gasteiger partial charge in [0.05, 0.1) is 0 Å². The summed E-state index contributed by atoms with van der Waals surface area (Å²) in [5.74, 6) is 0.572. The SMILES string of the molecule is [B]C(=O)[C-]=C(C)C1CCCC1.[Y]. The van der Waals surface area contributed by atoms with E-state index < -0.39 is 5.68 Å². The van der Waals surface area contributed by atoms with Gasteiger partial charge >= 0.3 is 0 Å². The van der Waals surface area contributed by atoms with E-state index in [9.17, 15) is 4.79 Å². The third kappa shape index (κ3) is 4.00. The van der Waals surface area contributed by atoms with Crippen LogP contribution in [0.3, 0.4) is 0 Å². The fourth-order valence-electron chi connectivity index (χ4n) is 1.66. The average molecular weight is 236 g/mol. The zero-order valence-electron chi connectivity index (χ0n) is 7.47. The molecule has 0 atom stereocenters. The van der Waals surface area contributed by atoms with Crippen LogP contribution in [0.5, 0.6) is 0 Å². The molecule has 0 unspecified atom stereocenters. The van der Waals surface area contributed by atoms with Crippen LogP contribution in [0.4, 0.5) is 0 Å². The van der Waals surface area contributed by atoms with E-state index in [4.69, 9.17) is 7.85 Å². The quantitative estimate of drug-likeness (QED) is 0.404. The fourth-order valence-corrected chi connectivity index (χ4v) is 1.66. The molecule has 1 nitrogen and oxygen atoms in total. The van der Waals surface area contributed by atoms with E-state index in [1.165, 1.54) is 25.7 Å². The molecule has 0 N–H and O–H groups in total. The van der Waals surface area contributed by atoms with Gasteiger partial charge in [-0.1, -0.05) is 31.4 Å². The number of hydrogen-bond acceptors (Lipinski definition) is 1. The van der Waals surface area contributed by atoms with Crippen molar-refractivity contribution in [2.24, 2.45) is 5.92 Å². The second-order valence-electron chi connectivity index (χ2n) is 3.15. The van der Waals surface area contributed by atoms with E-state index in [0.29, 0.717) is 5.92 Å². The zero-order valence-corrected chi connectivity index (χ0v) is 10.3. The number of allylic oxidation sites excluding steroid dienone is 2. The van der Waals surface area contributed by atoms with Gasteiger partial charge in [-0.25, -0.2) is 5.57 Å². The van der Waals surface area contributed by atoms with E-state index in [1.54, 1.807) is 0 Å². The Hall–Kier alpha value is 0.579. The van der Waals surface area contributed by atoms with Gasteiger partial charge < -0.3 is 10.9 Å². The smallest absolute Gasteiger partial charge is 0.118 e. The minimum atomic E-state index is -0.436. The summed E-state index contributed by atoms with van der Waals surface area (Å²) in [6.45, 7) is 1.95. The average Bonchev–Trinajstić information content (AvgIpc) is 2.35. The van der Waals surface area contributed by atoms with E-state index in [2.05, 4.69) is 6.08 Å². The minimum absolute atomic E-state index is 0. The molecule has 0 bridgehead atoms. The predicted octanol–water partition coefficient (Wildman–Crippen LogP) is 1.62. The third-order valence-corrected chi connectivity index (χ3v) is 2.29. The minimum Gasteiger partial charge on any atom is -0.439 e. The maximum Gasteiger partial charge on any atom is 0.118 e. The summed E-state index contributed by atoms with van der Waals surface area (Å²) < 4.78 is 0. The summed E-state index contributed by atoms with van der Waals surface area (Å²) in [5.41, 5.74) is 0.601. The van der Waals surface area contributed by atoms with Crippen molar-refractivity contribution in [2.45, 2.75) is 32.6 Å². The van der Waals surface area contributed by atoms with Crippen molar-refractivity contribution in [2.75, 3.05) is 0 Å². The van der Waals surface area contributed by atoms with Crippen LogP contribution in [0.1, 0.15) is 32.6 Å². The molecule has 0 aromatic carbocycles. The summed E-state index contributed by atoms with van der Waals surface area (Å²) in [7, 11) is 4.99. The van der Waals surface area contributed by atoms with Crippen molar-refractivity contribution in [3.05, 3.63) is 11.6 Å². The molecule has 0 aliphatic heterocycles. The molecule has 1 fully saturated rings. The van der Waals surface area contributed by atoms with Crippen LogP contribution in [-0.4, -0.2) is 13.5 Å². The van der Waals surface area contributed by atoms with E-state index in [-0.39, 0.29) is 32.7 Å². The first-order valence-corrected chi connectivity index (χ1v) is 4.10. The van der Waals surface area contributed by atoms with Gasteiger partial charge in [-0.3, -0.25) is 0 Å². The molecular weight excluding hydrogens is 224 g/mol. The van der Waals surface area contributed by atoms with Crippen LogP contribution in [0.15, 0.2) is 5.57 Å². The van der Waals surface area contributed by atoms with Crippen LogP contribution in [0, 0.1) is 12.0 Å². The number of carbonyl (C=O) groups is 1. The van der Waals surface area contributed by atoms with Crippen LogP contribution < -0.4 is 0 Å². The Kier molecular flexibility index (Phi) is 6.39. The molecule has 1 aliphatic carbocycles. The molecule has 0 aromatic rings. The van der Waals surface area contributed by atoms with Gasteiger partial charge in [-0.2, -0.15) is 0 Å². The molecule has 0 spiro atoms. The van der Waals surface area contributed by atoms with Crippen molar-refractivity contribution >= 4 is 13.5 Å². The molecule has 61 valence electrons. The molecular formula is C9H12BOY-. The van der Waals surface area contributed by atoms with E-state index in [1.807, 2.05) is 6.92 Å². The number of rotatable bonds is 2. The Labute approximate surface area is 101 Å². The molecule has 0 amide bonds. The summed E-state index contributed by atoms with van der Waals surface area (Å²) >= 11 is 0. The van der Waals surface area contributed by atoms with Crippen LogP contribution in [0.2, 0.25) is 0 Å². The van der Waals surface area contributed by atoms with E-state index >= 15 is 0 Å². The molecule has 1 saturated carbocycles. The Morgan fingerprint density at radius 3 is 2.33 bits per heavy atom. The summed E-state index contributed by atoms with van der Waals surface area (Å²) in [4.78, 5) is 10.5. The molecule has 0 aromatic heterocycles. The first kappa shape index (κ1) is 12.6. The van der Waals surface area contributed by atoms with Crippen LogP contribution in [-0.2, 0) is 37.5 Å². The normalized spacial score (nSPS) is 18.9. The van der Waals surface area contributed by atoms with Crippen molar-refractivity contribution in [3.8, 4) is 0 Å². The fraction of sp³-hybridized carbons (Fsp3) is 0.667. The van der Waals surface area contributed by atoms with Crippen molar-refractivity contribution < 1.29 is 37.5 Å². The van der Waals surface area contributed by atoms with Gasteiger partial charge in [0.25, 0.3) is 0 Å². The van der Waals surface area contributed by atoms with Gasteiger partial charge in [-0.15, -0.1) is 0 Å². The van der Waals surface area contributed by atoms with Gasteiger partial charge in [0, 0.05) is 32.7 Å². The van der Waals surface area contributed by atoms with Crippen LogP contribution in [0.25, 0.3) is 0 Å². The number of carbonyl (C=O) groups excluding carboxylic acids is 1. The maximum atomic E-state index is 10.5. The third-order valence-electron chi connectivity index (χ3n) is 2.29. The molecule has 0 saturated heterocycles. The largest absolute Gasteiger partial charge is 0.439 e. The zero-order chi connectivity index (χ0) is 8.27. The van der Waals surface area contributed by atoms with Crippen molar-refractivity contribution in [1.82, 2.24) is 0 Å². The first-order valence-electron chi connectivity index (χ1n) is 4.10. The number of hydrogen-bond donors (Lipinski definition) is 0. The van der Waals surface area contributed by atoms with Crippen molar-refractivity contribution in [1.29, 1.82) is 0 Å². The molecule has 3 heteroatoms. The van der Waals surface area contributed by atoms with Gasteiger partial charge in [0.15, 0.2) is 0 Å². The Balaban J connectivity index is 0.00000121. The van der Waals surface area contributed by atoms with Gasteiger partial charge in [-0.05, 0) is 12.8 Å². The van der Waals surface area contributed by atoms with Crippen LogP contribution >= 0.6 is 0 Å². The molecule has 1 rings (SSSR count). The monoisotopic (exact) mass is 236 g/mol. The Bertz CT molecular complexity index is 183. The molecule has 12 heavy (non-hydrogen) atoms. The summed E-state index contributed by atoms with van der Waals surface area (Å²) in [5, 5.41) is 0. The second-order valence-corrected chi connectivity index (χ2v) is 3.15. The second kappa shape index (κ2) is 6.10. The van der Waals surface area contributed by atoms with E-state index in [0.717, 1.165) is 5.57 Å². The predicted molar refractivity (Wildman–Crippen MR) is 45.1 cm³/mol.